The molecule has 1 aliphatic heterocycles. The Balaban J connectivity index is 1.37. The van der Waals surface area contributed by atoms with E-state index < -0.39 is 0 Å². The highest BCUT2D eigenvalue weighted by Gasteiger charge is 2.28. The fraction of sp³-hybridized carbons (Fsp3) is 0.538. The third-order valence-electron chi connectivity index (χ3n) is 6.69. The average Bonchev–Trinajstić information content (AvgIpc) is 3.52. The van der Waals surface area contributed by atoms with Gasteiger partial charge in [-0.3, -0.25) is 4.79 Å². The van der Waals surface area contributed by atoms with Crippen LogP contribution in [-0.2, 0) is 4.79 Å². The summed E-state index contributed by atoms with van der Waals surface area (Å²) in [5.74, 6) is 2.43. The lowest BCUT2D eigenvalue weighted by Gasteiger charge is -2.29. The number of hydrogen-bond acceptors (Lipinski definition) is 7. The number of nitrogens with zero attached hydrogens (tertiary/aromatic N) is 5. The van der Waals surface area contributed by atoms with Gasteiger partial charge in [0.1, 0.15) is 17.7 Å². The van der Waals surface area contributed by atoms with E-state index in [1.54, 1.807) is 0 Å². The molecule has 0 bridgehead atoms. The molecule has 8 heteroatoms. The van der Waals surface area contributed by atoms with Crippen LogP contribution < -0.4 is 19.9 Å². The van der Waals surface area contributed by atoms with Gasteiger partial charge in [0, 0.05) is 38.7 Å². The number of benzene rings is 1. The van der Waals surface area contributed by atoms with Crippen molar-refractivity contribution in [2.45, 2.75) is 70.6 Å². The quantitative estimate of drug-likeness (QED) is 0.602. The third kappa shape index (κ3) is 5.96. The maximum Gasteiger partial charge on any atom is 0.227 e. The molecule has 1 saturated carbocycles. The number of hydrogen-bond donors (Lipinski definition) is 1. The Bertz CT molecular complexity index is 999. The topological polar surface area (TPSA) is 94.4 Å². The number of carbonyl (C=O) groups is 1. The van der Waals surface area contributed by atoms with E-state index in [1.165, 1.54) is 19.8 Å². The Morgan fingerprint density at radius 1 is 1.26 bits per heavy atom. The number of anilines is 2. The molecule has 2 aliphatic rings. The third-order valence-corrected chi connectivity index (χ3v) is 6.69. The summed E-state index contributed by atoms with van der Waals surface area (Å²) in [6, 6.07) is 12.5. The van der Waals surface area contributed by atoms with Gasteiger partial charge in [-0.05, 0) is 43.5 Å². The van der Waals surface area contributed by atoms with Crippen LogP contribution in [-0.4, -0.2) is 47.7 Å². The number of nitriles is 1. The molecule has 2 aromatic rings. The number of amides is 1. The van der Waals surface area contributed by atoms with Crippen molar-refractivity contribution in [2.75, 3.05) is 29.4 Å². The van der Waals surface area contributed by atoms with Crippen molar-refractivity contribution < 1.29 is 9.53 Å². The summed E-state index contributed by atoms with van der Waals surface area (Å²) in [6.07, 6.45) is 8.05. The van der Waals surface area contributed by atoms with Crippen LogP contribution in [0.3, 0.4) is 0 Å². The SMILES string of the molecule is CC(=O)N[C@@H](C)c1ccc(O[C@@H]2CCN(c3ccnc(N(CCC#N)C4CCCC4)n3)C2)cc1. The van der Waals surface area contributed by atoms with E-state index in [0.717, 1.165) is 55.4 Å². The lowest BCUT2D eigenvalue weighted by atomic mass is 10.1. The average molecular weight is 463 g/mol. The van der Waals surface area contributed by atoms with Gasteiger partial charge < -0.3 is 19.9 Å². The second-order valence-corrected chi connectivity index (χ2v) is 9.22. The first-order valence-electron chi connectivity index (χ1n) is 12.3. The summed E-state index contributed by atoms with van der Waals surface area (Å²) in [5, 5.41) is 12.0. The molecular formula is C26H34N6O2. The van der Waals surface area contributed by atoms with Crippen molar-refractivity contribution in [3.05, 3.63) is 42.1 Å². The van der Waals surface area contributed by atoms with Gasteiger partial charge in [-0.1, -0.05) is 25.0 Å². The molecular weight excluding hydrogens is 428 g/mol. The largest absolute Gasteiger partial charge is 0.489 e. The summed E-state index contributed by atoms with van der Waals surface area (Å²) in [7, 11) is 0. The van der Waals surface area contributed by atoms with Crippen molar-refractivity contribution in [1.29, 1.82) is 5.26 Å². The molecule has 0 unspecified atom stereocenters. The molecule has 8 nitrogen and oxygen atoms in total. The molecule has 0 radical (unpaired) electrons. The van der Waals surface area contributed by atoms with Crippen LogP contribution in [0.2, 0.25) is 0 Å². The van der Waals surface area contributed by atoms with Crippen molar-refractivity contribution >= 4 is 17.7 Å². The maximum atomic E-state index is 11.3. The van der Waals surface area contributed by atoms with Crippen LogP contribution in [0.5, 0.6) is 5.75 Å². The van der Waals surface area contributed by atoms with Crippen LogP contribution in [0.1, 0.15) is 64.0 Å². The van der Waals surface area contributed by atoms with E-state index >= 15 is 0 Å². The Labute approximate surface area is 201 Å². The van der Waals surface area contributed by atoms with Crippen LogP contribution in [0.25, 0.3) is 0 Å². The highest BCUT2D eigenvalue weighted by molar-refractivity contribution is 5.73. The van der Waals surface area contributed by atoms with Gasteiger partial charge >= 0.3 is 0 Å². The van der Waals surface area contributed by atoms with Crippen molar-refractivity contribution in [1.82, 2.24) is 15.3 Å². The normalized spacial score (nSPS) is 19.0. The zero-order valence-electron chi connectivity index (χ0n) is 20.1. The second-order valence-electron chi connectivity index (χ2n) is 9.22. The Morgan fingerprint density at radius 2 is 2.03 bits per heavy atom. The lowest BCUT2D eigenvalue weighted by molar-refractivity contribution is -0.119. The zero-order valence-corrected chi connectivity index (χ0v) is 20.1. The standard InChI is InChI=1S/C26H34N6O2/c1-19(29-20(2)33)21-8-10-23(11-9-21)34-24-13-17-31(18-24)25-12-15-28-26(30-25)32(16-5-14-27)22-6-3-4-7-22/h8-12,15,19,22,24H,3-7,13,16-18H2,1-2H3,(H,29,33)/t19-,24+/m0/s1. The summed E-state index contributed by atoms with van der Waals surface area (Å²) in [6.45, 7) is 5.81. The molecule has 1 aromatic heterocycles. The number of rotatable bonds is 9. The van der Waals surface area contributed by atoms with Gasteiger partial charge in [0.05, 0.1) is 25.1 Å². The zero-order chi connectivity index (χ0) is 23.9. The van der Waals surface area contributed by atoms with E-state index in [9.17, 15) is 4.79 Å². The van der Waals surface area contributed by atoms with E-state index in [2.05, 4.69) is 26.2 Å². The highest BCUT2D eigenvalue weighted by Crippen LogP contribution is 2.29. The van der Waals surface area contributed by atoms with Crippen LogP contribution in [0.15, 0.2) is 36.5 Å². The molecule has 34 heavy (non-hydrogen) atoms. The fourth-order valence-corrected chi connectivity index (χ4v) is 4.93. The van der Waals surface area contributed by atoms with Crippen molar-refractivity contribution in [2.24, 2.45) is 0 Å². The first kappa shape index (κ1) is 23.8. The molecule has 1 aliphatic carbocycles. The van der Waals surface area contributed by atoms with Crippen LogP contribution in [0, 0.1) is 11.3 Å². The van der Waals surface area contributed by atoms with Gasteiger partial charge in [0.15, 0.2) is 0 Å². The first-order chi connectivity index (χ1) is 16.5. The fourth-order valence-electron chi connectivity index (χ4n) is 4.93. The van der Waals surface area contributed by atoms with E-state index in [1.807, 2.05) is 43.5 Å². The molecule has 2 fully saturated rings. The summed E-state index contributed by atoms with van der Waals surface area (Å²) >= 11 is 0. The molecule has 1 aromatic carbocycles. The maximum absolute atomic E-state index is 11.3. The summed E-state index contributed by atoms with van der Waals surface area (Å²) < 4.78 is 6.24. The molecule has 1 amide bonds. The van der Waals surface area contributed by atoms with Crippen molar-refractivity contribution in [3.8, 4) is 11.8 Å². The smallest absolute Gasteiger partial charge is 0.227 e. The molecule has 180 valence electrons. The van der Waals surface area contributed by atoms with Gasteiger partial charge in [-0.15, -0.1) is 0 Å². The predicted octanol–water partition coefficient (Wildman–Crippen LogP) is 3.99. The Kier molecular flexibility index (Phi) is 7.84. The minimum atomic E-state index is -0.0387. The second kappa shape index (κ2) is 11.2. The van der Waals surface area contributed by atoms with Gasteiger partial charge in [-0.25, -0.2) is 4.98 Å². The predicted molar refractivity (Wildman–Crippen MR) is 132 cm³/mol. The van der Waals surface area contributed by atoms with E-state index in [-0.39, 0.29) is 18.1 Å². The Hall–Kier alpha value is -3.34. The minimum absolute atomic E-state index is 0.0301. The highest BCUT2D eigenvalue weighted by atomic mass is 16.5. The van der Waals surface area contributed by atoms with Crippen molar-refractivity contribution in [3.63, 3.8) is 0 Å². The van der Waals surface area contributed by atoms with Gasteiger partial charge in [0.25, 0.3) is 0 Å². The van der Waals surface area contributed by atoms with E-state index in [4.69, 9.17) is 15.0 Å². The Morgan fingerprint density at radius 3 is 2.74 bits per heavy atom. The number of nitrogens with one attached hydrogen (secondary N) is 1. The number of ether oxygens (including phenoxy) is 1. The molecule has 1 saturated heterocycles. The van der Waals surface area contributed by atoms with Gasteiger partial charge in [-0.2, -0.15) is 10.2 Å². The van der Waals surface area contributed by atoms with E-state index in [0.29, 0.717) is 19.0 Å². The number of carbonyl (C=O) groups excluding carboxylic acids is 1. The minimum Gasteiger partial charge on any atom is -0.489 e. The first-order valence-corrected chi connectivity index (χ1v) is 12.3. The molecule has 0 spiro atoms. The number of aromatic nitrogens is 2. The summed E-state index contributed by atoms with van der Waals surface area (Å²) in [5.41, 5.74) is 1.05. The van der Waals surface area contributed by atoms with Crippen LogP contribution >= 0.6 is 0 Å². The molecule has 2 atom stereocenters. The summed E-state index contributed by atoms with van der Waals surface area (Å²) in [4.78, 5) is 25.2. The lowest BCUT2D eigenvalue weighted by Crippen LogP contribution is -2.36. The molecule has 2 heterocycles. The van der Waals surface area contributed by atoms with Crippen LogP contribution in [0.4, 0.5) is 11.8 Å². The monoisotopic (exact) mass is 462 g/mol. The van der Waals surface area contributed by atoms with Gasteiger partial charge in [0.2, 0.25) is 11.9 Å². The molecule has 1 N–H and O–H groups in total. The molecule has 4 rings (SSSR count).